The molecule has 52 heavy (non-hydrogen) atoms. The fourth-order valence-electron chi connectivity index (χ4n) is 6.47. The van der Waals surface area contributed by atoms with Gasteiger partial charge in [-0.25, -0.2) is 26.7 Å². The molecule has 0 radical (unpaired) electrons. The molecule has 2 atom stereocenters. The third kappa shape index (κ3) is 6.12. The topological polar surface area (TPSA) is 163 Å². The number of hydrogen-bond acceptors (Lipinski definition) is 9. The van der Waals surface area contributed by atoms with E-state index in [1.165, 1.54) is 22.3 Å². The van der Waals surface area contributed by atoms with Crippen molar-refractivity contribution in [3.05, 3.63) is 113 Å². The average molecular weight is 734 g/mol. The van der Waals surface area contributed by atoms with Crippen molar-refractivity contribution in [3.8, 4) is 34.5 Å². The van der Waals surface area contributed by atoms with Gasteiger partial charge in [0.15, 0.2) is 5.65 Å². The van der Waals surface area contributed by atoms with Crippen LogP contribution in [-0.4, -0.2) is 57.2 Å². The van der Waals surface area contributed by atoms with E-state index in [0.29, 0.717) is 46.6 Å². The number of carbonyl (C=O) groups excluding carboxylic acids is 1. The number of pyridine rings is 2. The Labute approximate surface area is 303 Å². The summed E-state index contributed by atoms with van der Waals surface area (Å²) in [6.07, 6.45) is 6.60. The van der Waals surface area contributed by atoms with Crippen molar-refractivity contribution in [2.24, 2.45) is 13.0 Å². The normalized spacial score (nSPS) is 16.0. The Hall–Kier alpha value is -6.09. The second-order valence-electron chi connectivity index (χ2n) is 12.5. The number of benzene rings is 2. The summed E-state index contributed by atoms with van der Waals surface area (Å²) in [5, 5.41) is 27.6. The molecule has 0 aliphatic carbocycles. The van der Waals surface area contributed by atoms with Gasteiger partial charge in [-0.3, -0.25) is 9.48 Å². The molecule has 260 valence electrons. The molecule has 7 rings (SSSR count). The quantitative estimate of drug-likeness (QED) is 0.212. The summed E-state index contributed by atoms with van der Waals surface area (Å²) in [6.45, 7) is 2.56. The summed E-state index contributed by atoms with van der Waals surface area (Å²) >= 11 is 6.08. The number of nitrogens with one attached hydrogen (secondary N) is 1. The molecule has 6 aromatic rings. The van der Waals surface area contributed by atoms with Crippen LogP contribution in [-0.2, 0) is 17.1 Å². The van der Waals surface area contributed by atoms with Crippen molar-refractivity contribution in [2.45, 2.75) is 24.3 Å². The molecule has 1 amide bonds. The van der Waals surface area contributed by atoms with Crippen LogP contribution in [0.5, 0.6) is 0 Å². The van der Waals surface area contributed by atoms with Crippen molar-refractivity contribution in [2.75, 3.05) is 18.0 Å². The number of amides is 1. The minimum atomic E-state index is -4.15. The molecule has 1 aliphatic rings. The predicted octanol–water partition coefficient (Wildman–Crippen LogP) is 5.86. The first kappa shape index (κ1) is 34.4. The van der Waals surface area contributed by atoms with Crippen molar-refractivity contribution in [1.82, 2.24) is 29.0 Å². The van der Waals surface area contributed by atoms with E-state index in [-0.39, 0.29) is 33.2 Å². The smallest absolute Gasteiger partial charge is 0.269 e. The second-order valence-corrected chi connectivity index (χ2v) is 14.7. The Morgan fingerprint density at radius 3 is 2.48 bits per heavy atom. The lowest BCUT2D eigenvalue weighted by molar-refractivity contribution is 0.0919. The van der Waals surface area contributed by atoms with E-state index in [2.05, 4.69) is 32.5 Å². The van der Waals surface area contributed by atoms with Crippen LogP contribution in [0.2, 0.25) is 5.02 Å². The Morgan fingerprint density at radius 2 is 1.83 bits per heavy atom. The molecule has 0 bridgehead atoms. The van der Waals surface area contributed by atoms with Gasteiger partial charge in [-0.15, -0.1) is 0 Å². The van der Waals surface area contributed by atoms with Gasteiger partial charge in [0.2, 0.25) is 0 Å². The number of piperidine rings is 1. The number of fused-ring (bicyclic) bond motifs is 1. The van der Waals surface area contributed by atoms with E-state index >= 15 is 0 Å². The summed E-state index contributed by atoms with van der Waals surface area (Å²) in [4.78, 5) is 24.0. The molecule has 5 heterocycles. The monoisotopic (exact) mass is 733 g/mol. The Bertz CT molecular complexity index is 2530. The first-order valence-corrected chi connectivity index (χ1v) is 17.9. The number of hydrogen-bond donors (Lipinski definition) is 1. The van der Waals surface area contributed by atoms with E-state index in [0.717, 1.165) is 11.6 Å². The highest BCUT2D eigenvalue weighted by molar-refractivity contribution is 7.90. The second kappa shape index (κ2) is 13.6. The summed E-state index contributed by atoms with van der Waals surface area (Å²) in [5.74, 6) is -1.50. The number of carbonyl (C=O) groups is 1. The van der Waals surface area contributed by atoms with Crippen LogP contribution in [0, 0.1) is 41.3 Å². The van der Waals surface area contributed by atoms with Crippen molar-refractivity contribution in [1.29, 1.82) is 10.5 Å². The third-order valence-electron chi connectivity index (χ3n) is 9.11. The van der Waals surface area contributed by atoms with Crippen molar-refractivity contribution in [3.63, 3.8) is 0 Å². The van der Waals surface area contributed by atoms with Gasteiger partial charge in [0.05, 0.1) is 44.9 Å². The van der Waals surface area contributed by atoms with Gasteiger partial charge >= 0.3 is 0 Å². The van der Waals surface area contributed by atoms with Crippen molar-refractivity contribution >= 4 is 44.4 Å². The van der Waals surface area contributed by atoms with Gasteiger partial charge < -0.3 is 10.2 Å². The molecular weight excluding hydrogens is 705 g/mol. The van der Waals surface area contributed by atoms with Crippen LogP contribution >= 0.6 is 11.6 Å². The van der Waals surface area contributed by atoms with Crippen LogP contribution in [0.15, 0.2) is 90.3 Å². The molecule has 1 saturated heterocycles. The van der Waals surface area contributed by atoms with E-state index in [4.69, 9.17) is 11.6 Å². The van der Waals surface area contributed by atoms with E-state index < -0.39 is 33.7 Å². The molecule has 0 unspecified atom stereocenters. The third-order valence-corrected chi connectivity index (χ3v) is 11.1. The number of aromatic nitrogens is 5. The molecule has 1 aliphatic heterocycles. The molecule has 12 nitrogen and oxygen atoms in total. The highest BCUT2D eigenvalue weighted by Gasteiger charge is 2.33. The highest BCUT2D eigenvalue weighted by Crippen LogP contribution is 2.38. The maximum Gasteiger partial charge on any atom is 0.269 e. The Kier molecular flexibility index (Phi) is 8.96. The van der Waals surface area contributed by atoms with Crippen molar-refractivity contribution < 1.29 is 17.6 Å². The van der Waals surface area contributed by atoms with Gasteiger partial charge in [0, 0.05) is 66.8 Å². The Balaban J connectivity index is 1.23. The number of rotatable bonds is 7. The molecule has 2 aromatic carbocycles. The van der Waals surface area contributed by atoms with Crippen LogP contribution in [0.1, 0.15) is 27.9 Å². The van der Waals surface area contributed by atoms with Crippen LogP contribution < -0.4 is 10.2 Å². The number of halogens is 2. The minimum absolute atomic E-state index is 0.0171. The average Bonchev–Trinajstić information content (AvgIpc) is 3.75. The summed E-state index contributed by atoms with van der Waals surface area (Å²) in [7, 11) is -2.42. The van der Waals surface area contributed by atoms with Crippen LogP contribution in [0.4, 0.5) is 10.2 Å². The summed E-state index contributed by atoms with van der Waals surface area (Å²) in [6, 6.07) is 19.7. The predicted molar refractivity (Wildman–Crippen MR) is 192 cm³/mol. The zero-order chi connectivity index (χ0) is 36.7. The highest BCUT2D eigenvalue weighted by atomic mass is 35.5. The molecular formula is C37H29ClFN9O3S. The molecule has 4 aromatic heterocycles. The maximum atomic E-state index is 14.4. The summed E-state index contributed by atoms with van der Waals surface area (Å²) in [5.41, 5.74) is 2.87. The zero-order valence-corrected chi connectivity index (χ0v) is 29.4. The molecule has 1 N–H and O–H groups in total. The first-order chi connectivity index (χ1) is 25.0. The standard InChI is InChI=1S/C37H29ClFN9O3S/c1-22-6-9-27(10-7-22)52(50,51)48-32(26-19-44-46(2)20-26)14-28-34(24(15-40)18-43-36(28)48)23-8-11-33(42-17-23)47-13-12-31(25(16-41)21-47)45-37(49)35-29(38)4-3-5-30(35)39/h3-11,14,17-20,25,31H,12-13,21H2,1-2H3,(H,45,49)/t25-,31+/m1/s1. The number of nitrogens with zero attached hydrogens (tertiary/aromatic N) is 8. The molecule has 0 spiro atoms. The fraction of sp³-hybridized carbons (Fsp3) is 0.189. The van der Waals surface area contributed by atoms with E-state index in [9.17, 15) is 28.1 Å². The lowest BCUT2D eigenvalue weighted by Crippen LogP contribution is -2.51. The number of nitriles is 2. The van der Waals surface area contributed by atoms with Gasteiger partial charge in [-0.2, -0.15) is 15.6 Å². The molecule has 1 fully saturated rings. The minimum Gasteiger partial charge on any atom is -0.355 e. The van der Waals surface area contributed by atoms with Gasteiger partial charge in [0.1, 0.15) is 17.7 Å². The zero-order valence-electron chi connectivity index (χ0n) is 27.8. The van der Waals surface area contributed by atoms with Crippen LogP contribution in [0.3, 0.4) is 0 Å². The van der Waals surface area contributed by atoms with Gasteiger partial charge in [-0.05, 0) is 55.8 Å². The lowest BCUT2D eigenvalue weighted by atomic mass is 9.92. The SMILES string of the molecule is Cc1ccc(S(=O)(=O)n2c(-c3cnn(C)c3)cc3c(-c4ccc(N5CC[C@H](NC(=O)c6c(F)cccc6Cl)[C@H](C#N)C5)nc4)c(C#N)cnc32)cc1. The van der Waals surface area contributed by atoms with E-state index in [1.807, 2.05) is 11.8 Å². The summed E-state index contributed by atoms with van der Waals surface area (Å²) < 4.78 is 45.6. The van der Waals surface area contributed by atoms with Crippen LogP contribution in [0.25, 0.3) is 33.4 Å². The van der Waals surface area contributed by atoms with E-state index in [1.54, 1.807) is 72.8 Å². The van der Waals surface area contributed by atoms with Gasteiger partial charge in [-0.1, -0.05) is 35.4 Å². The lowest BCUT2D eigenvalue weighted by Gasteiger charge is -2.36. The molecule has 0 saturated carbocycles. The van der Waals surface area contributed by atoms with Gasteiger partial charge in [0.25, 0.3) is 15.9 Å². The first-order valence-electron chi connectivity index (χ1n) is 16.1. The Morgan fingerprint density at radius 1 is 1.04 bits per heavy atom. The largest absolute Gasteiger partial charge is 0.355 e. The maximum absolute atomic E-state index is 14.4. The number of aryl methyl sites for hydroxylation is 2. The fourth-order valence-corrected chi connectivity index (χ4v) is 8.20. The molecule has 15 heteroatoms. The number of anilines is 1.